The molecule has 0 unspecified atom stereocenters. The lowest BCUT2D eigenvalue weighted by molar-refractivity contribution is -0.118. The van der Waals surface area contributed by atoms with Crippen molar-refractivity contribution in [3.05, 3.63) is 52.8 Å². The zero-order chi connectivity index (χ0) is 34.5. The van der Waals surface area contributed by atoms with Crippen LogP contribution in [0.3, 0.4) is 0 Å². The number of benzene rings is 1. The number of piperidine rings is 1. The Labute approximate surface area is 277 Å². The van der Waals surface area contributed by atoms with E-state index in [0.717, 1.165) is 65.4 Å². The summed E-state index contributed by atoms with van der Waals surface area (Å²) in [6.45, 7) is 16.2. The third-order valence-corrected chi connectivity index (χ3v) is 8.76. The zero-order valence-electron chi connectivity index (χ0n) is 29.3. The Kier molecular flexibility index (Phi) is 19.2. The van der Waals surface area contributed by atoms with Crippen LogP contribution in [-0.4, -0.2) is 51.3 Å². The Balaban J connectivity index is 0.000000511. The number of terminal acetylenes is 1. The van der Waals surface area contributed by atoms with E-state index in [9.17, 15) is 9.59 Å². The molecule has 8 heteroatoms. The zero-order valence-corrected chi connectivity index (χ0v) is 29.3. The van der Waals surface area contributed by atoms with E-state index in [1.54, 1.807) is 4.57 Å². The molecular formula is C38H59N5O3. The third kappa shape index (κ3) is 13.0. The first-order valence-electron chi connectivity index (χ1n) is 17.2. The molecule has 1 spiro atoms. The average molecular weight is 634 g/mol. The number of hydrogen-bond acceptors (Lipinski definition) is 5. The van der Waals surface area contributed by atoms with Crippen molar-refractivity contribution in [3.8, 4) is 24.1 Å². The van der Waals surface area contributed by atoms with Crippen molar-refractivity contribution < 1.29 is 9.59 Å². The lowest BCUT2D eigenvalue weighted by Gasteiger charge is -2.30. The number of amides is 1. The molecule has 0 radical (unpaired) electrons. The summed E-state index contributed by atoms with van der Waals surface area (Å²) in [5.74, 6) is 1.35. The topological polar surface area (TPSA) is 114 Å². The van der Waals surface area contributed by atoms with Crippen LogP contribution in [0.2, 0.25) is 0 Å². The van der Waals surface area contributed by atoms with E-state index in [4.69, 9.17) is 4.79 Å². The van der Waals surface area contributed by atoms with Gasteiger partial charge in [-0.1, -0.05) is 46.6 Å². The summed E-state index contributed by atoms with van der Waals surface area (Å²) in [6.07, 6.45) is 24.6. The van der Waals surface area contributed by atoms with Crippen molar-refractivity contribution in [1.82, 2.24) is 19.4 Å². The predicted octanol–water partition coefficient (Wildman–Crippen LogP) is 7.70. The molecule has 46 heavy (non-hydrogen) atoms. The average Bonchev–Trinajstić information content (AvgIpc) is 3.66. The van der Waals surface area contributed by atoms with E-state index in [1.165, 1.54) is 45.3 Å². The Morgan fingerprint density at radius 2 is 1.67 bits per heavy atom. The van der Waals surface area contributed by atoms with Crippen LogP contribution in [0.5, 0.6) is 0 Å². The van der Waals surface area contributed by atoms with E-state index in [-0.39, 0.29) is 18.0 Å². The van der Waals surface area contributed by atoms with Crippen LogP contribution in [0.15, 0.2) is 41.5 Å². The number of rotatable bonds is 11. The molecule has 254 valence electrons. The summed E-state index contributed by atoms with van der Waals surface area (Å²) < 4.78 is 1.76. The van der Waals surface area contributed by atoms with Crippen molar-refractivity contribution in [2.24, 2.45) is 11.1 Å². The number of imidazole rings is 1. The Hall–Kier alpha value is -3.70. The minimum Gasteiger partial charge on any atom is -0.372 e. The van der Waals surface area contributed by atoms with Gasteiger partial charge in [-0.25, -0.2) is 4.98 Å². The quantitative estimate of drug-likeness (QED) is 0.128. The number of unbranched alkanes of at least 4 members (excludes halogenated alkanes) is 3. The van der Waals surface area contributed by atoms with Gasteiger partial charge < -0.3 is 20.2 Å². The number of nitrogens with zero attached hydrogens (tertiary/aromatic N) is 3. The second-order valence-corrected chi connectivity index (χ2v) is 12.0. The number of ketones is 1. The van der Waals surface area contributed by atoms with Crippen molar-refractivity contribution >= 4 is 23.0 Å². The molecule has 2 aliphatic rings. The highest BCUT2D eigenvalue weighted by atomic mass is 16.1. The van der Waals surface area contributed by atoms with E-state index in [2.05, 4.69) is 40.4 Å². The summed E-state index contributed by atoms with van der Waals surface area (Å²) in [7, 11) is 0. The summed E-state index contributed by atoms with van der Waals surface area (Å²) in [5, 5.41) is 1.69. The fraction of sp³-hybridized carbons (Fsp3) is 0.579. The molecule has 0 bridgehead atoms. The van der Waals surface area contributed by atoms with E-state index in [1.807, 2.05) is 71.3 Å². The molecule has 1 aromatic carbocycles. The minimum atomic E-state index is 0.0509. The molecular weight excluding hydrogens is 574 g/mol. The molecule has 1 aliphatic carbocycles. The summed E-state index contributed by atoms with van der Waals surface area (Å²) in [5.41, 5.74) is 7.10. The first-order chi connectivity index (χ1) is 22.3. The molecule has 1 saturated heterocycles. The van der Waals surface area contributed by atoms with Gasteiger partial charge in [0.1, 0.15) is 11.6 Å². The van der Waals surface area contributed by atoms with Crippen molar-refractivity contribution in [1.29, 1.82) is 0 Å². The van der Waals surface area contributed by atoms with Crippen molar-refractivity contribution in [2.75, 3.05) is 19.6 Å². The van der Waals surface area contributed by atoms with Gasteiger partial charge in [-0.3, -0.25) is 14.4 Å². The van der Waals surface area contributed by atoms with Gasteiger partial charge in [-0.05, 0) is 101 Å². The maximum atomic E-state index is 12.6. The number of nitrogens with one attached hydrogen (secondary N) is 1. The van der Waals surface area contributed by atoms with Crippen molar-refractivity contribution in [2.45, 2.75) is 118 Å². The summed E-state index contributed by atoms with van der Waals surface area (Å²) in [6, 6.07) is 8.08. The van der Waals surface area contributed by atoms with Gasteiger partial charge in [0, 0.05) is 42.5 Å². The Bertz CT molecular complexity index is 1370. The predicted molar refractivity (Wildman–Crippen MR) is 193 cm³/mol. The number of aromatic amines is 1. The van der Waals surface area contributed by atoms with E-state index >= 15 is 0 Å². The molecule has 5 rings (SSSR count). The molecule has 2 fully saturated rings. The largest absolute Gasteiger partial charge is 0.372 e. The number of nitrogens with two attached hydrogens (primary N) is 1. The Morgan fingerprint density at radius 3 is 2.24 bits per heavy atom. The monoisotopic (exact) mass is 633 g/mol. The third-order valence-electron chi connectivity index (χ3n) is 8.76. The first-order valence-corrected chi connectivity index (χ1v) is 17.2. The smallest absolute Gasteiger partial charge is 0.258 e. The van der Waals surface area contributed by atoms with Crippen molar-refractivity contribution in [3.63, 3.8) is 0 Å². The fourth-order valence-electron chi connectivity index (χ4n) is 5.64. The van der Waals surface area contributed by atoms with Gasteiger partial charge in [-0.2, -0.15) is 0 Å². The molecule has 1 saturated carbocycles. The van der Waals surface area contributed by atoms with Crippen LogP contribution in [0.1, 0.15) is 118 Å². The molecule has 8 nitrogen and oxygen atoms in total. The first kappa shape index (κ1) is 40.3. The number of fused-ring (bicyclic) bond motifs is 1. The molecule has 1 aliphatic heterocycles. The fourth-order valence-corrected chi connectivity index (χ4v) is 5.64. The normalized spacial score (nSPS) is 14.4. The van der Waals surface area contributed by atoms with Crippen LogP contribution in [0.4, 0.5) is 0 Å². The van der Waals surface area contributed by atoms with Gasteiger partial charge in [0.2, 0.25) is 6.41 Å². The number of carbonyl (C=O) groups is 2. The standard InChI is InChI=1S/C24H31N3O2.C9H17N.C2H6.C2H2.CH3NO/c1-4-20(28)9-7-5-6-8-10-23-25-16-22(26-23)19-11-12-21-18(15-19)13-14-27(17(2)3)24(21)29;1-2-10-7-5-9(3-4-9)6-8-10;2*1-2;2-1-3/h11-17H,4-10H2,1-3H3,(H,25,26);2-8H2,1H3;1-2H3;1-2H;1H,(H2,2,3). The Morgan fingerprint density at radius 1 is 1.04 bits per heavy atom. The minimum absolute atomic E-state index is 0.0509. The molecule has 3 heterocycles. The molecule has 1 amide bonds. The second-order valence-electron chi connectivity index (χ2n) is 12.0. The SMILES string of the molecule is C#C.CC.CCC(=O)CCCCCCc1ncc(-c2ccc3c(=O)n(C(C)C)ccc3c2)[nH]1.CCN1CCC2(CC1)CC2.NC=O. The molecule has 3 N–H and O–H groups in total. The lowest BCUT2D eigenvalue weighted by atomic mass is 9.94. The summed E-state index contributed by atoms with van der Waals surface area (Å²) >= 11 is 0. The number of H-pyrrole nitrogens is 1. The second kappa shape index (κ2) is 21.9. The summed E-state index contributed by atoms with van der Waals surface area (Å²) in [4.78, 5) is 43.0. The van der Waals surface area contributed by atoms with Gasteiger partial charge in [-0.15, -0.1) is 12.8 Å². The van der Waals surface area contributed by atoms with Crippen LogP contribution in [0.25, 0.3) is 22.0 Å². The van der Waals surface area contributed by atoms with E-state index in [0.29, 0.717) is 18.6 Å². The van der Waals surface area contributed by atoms with Crippen LogP contribution in [-0.2, 0) is 16.0 Å². The van der Waals surface area contributed by atoms with Crippen LogP contribution >= 0.6 is 0 Å². The molecule has 0 atom stereocenters. The number of hydrogen-bond donors (Lipinski definition) is 2. The highest BCUT2D eigenvalue weighted by Crippen LogP contribution is 2.53. The molecule has 3 aromatic rings. The number of carbonyl (C=O) groups excluding carboxylic acids is 2. The van der Waals surface area contributed by atoms with E-state index < -0.39 is 0 Å². The number of primary amides is 1. The maximum absolute atomic E-state index is 12.6. The highest BCUT2D eigenvalue weighted by molar-refractivity contribution is 5.86. The van der Waals surface area contributed by atoms with Gasteiger partial charge in [0.15, 0.2) is 0 Å². The van der Waals surface area contributed by atoms with Crippen LogP contribution < -0.4 is 11.3 Å². The van der Waals surface area contributed by atoms with Crippen LogP contribution in [0, 0.1) is 18.3 Å². The number of aromatic nitrogens is 3. The highest BCUT2D eigenvalue weighted by Gasteiger charge is 2.43. The molecule has 2 aromatic heterocycles. The number of Topliss-reactive ketones (excluding diaryl/α,β-unsaturated/α-hetero) is 1. The number of aryl methyl sites for hydroxylation is 1. The number of pyridine rings is 1. The number of likely N-dealkylation sites (tertiary alicyclic amines) is 1. The van der Waals surface area contributed by atoms with Gasteiger partial charge in [0.25, 0.3) is 5.56 Å². The van der Waals surface area contributed by atoms with Gasteiger partial charge >= 0.3 is 0 Å². The maximum Gasteiger partial charge on any atom is 0.258 e. The van der Waals surface area contributed by atoms with Gasteiger partial charge in [0.05, 0.1) is 11.9 Å². The lowest BCUT2D eigenvalue weighted by Crippen LogP contribution is -2.34.